The van der Waals surface area contributed by atoms with Crippen molar-refractivity contribution in [3.05, 3.63) is 53.3 Å². The molecule has 2 aliphatic heterocycles. The molecule has 0 N–H and O–H groups in total. The van der Waals surface area contributed by atoms with Gasteiger partial charge in [-0.1, -0.05) is 17.8 Å². The number of thioether (sulfide) groups is 1. The molecule has 0 aliphatic carbocycles. The van der Waals surface area contributed by atoms with Gasteiger partial charge in [-0.3, -0.25) is 4.79 Å². The van der Waals surface area contributed by atoms with Crippen LogP contribution in [0.25, 0.3) is 5.82 Å². The Hall–Kier alpha value is -3.07. The second-order valence-electron chi connectivity index (χ2n) is 8.01. The number of benzene rings is 1. The van der Waals surface area contributed by atoms with Crippen molar-refractivity contribution in [2.24, 2.45) is 0 Å². The molecule has 1 atom stereocenters. The molecule has 2 aliphatic rings. The maximum Gasteiger partial charge on any atom is 0.233 e. The topological polar surface area (TPSA) is 82.4 Å². The molecule has 1 saturated heterocycles. The third-order valence-electron chi connectivity index (χ3n) is 5.72. The summed E-state index contributed by atoms with van der Waals surface area (Å²) < 4.78 is 13.1. The zero-order chi connectivity index (χ0) is 22.1. The van der Waals surface area contributed by atoms with Crippen LogP contribution in [0.4, 0.5) is 0 Å². The molecule has 3 aromatic rings. The number of hydrogen-bond acceptors (Lipinski definition) is 7. The highest BCUT2D eigenvalue weighted by atomic mass is 32.2. The van der Waals surface area contributed by atoms with Crippen molar-refractivity contribution in [1.82, 2.24) is 24.9 Å². The molecule has 0 bridgehead atoms. The SMILES string of the molecule is Cc1cc(C)n(-c2ccc(SCC(=O)N3CCC[C@H]3c3ccc4c(c3)OCCO4)nn2)n1. The van der Waals surface area contributed by atoms with Gasteiger partial charge in [0.05, 0.1) is 17.5 Å². The van der Waals surface area contributed by atoms with E-state index < -0.39 is 0 Å². The molecule has 1 fully saturated rings. The summed E-state index contributed by atoms with van der Waals surface area (Å²) in [5.41, 5.74) is 3.04. The number of hydrogen-bond donors (Lipinski definition) is 0. The van der Waals surface area contributed by atoms with Crippen molar-refractivity contribution in [2.75, 3.05) is 25.5 Å². The highest BCUT2D eigenvalue weighted by molar-refractivity contribution is 7.99. The number of aromatic nitrogens is 4. The Labute approximate surface area is 190 Å². The fourth-order valence-electron chi connectivity index (χ4n) is 4.26. The van der Waals surface area contributed by atoms with Gasteiger partial charge in [0, 0.05) is 12.2 Å². The highest BCUT2D eigenvalue weighted by Gasteiger charge is 2.30. The van der Waals surface area contributed by atoms with E-state index in [0.29, 0.717) is 24.8 Å². The first-order valence-corrected chi connectivity index (χ1v) is 11.8. The Balaban J connectivity index is 1.23. The lowest BCUT2D eigenvalue weighted by Gasteiger charge is -2.26. The summed E-state index contributed by atoms with van der Waals surface area (Å²) in [6, 6.07) is 11.8. The van der Waals surface area contributed by atoms with Crippen LogP contribution < -0.4 is 9.47 Å². The van der Waals surface area contributed by atoms with Crippen LogP contribution in [-0.4, -0.2) is 56.3 Å². The van der Waals surface area contributed by atoms with Crippen LogP contribution in [0.1, 0.15) is 35.8 Å². The lowest BCUT2D eigenvalue weighted by molar-refractivity contribution is -0.129. The normalized spacial score (nSPS) is 17.6. The molecule has 166 valence electrons. The molecule has 0 spiro atoms. The van der Waals surface area contributed by atoms with E-state index in [0.717, 1.165) is 52.9 Å². The van der Waals surface area contributed by atoms with Crippen molar-refractivity contribution < 1.29 is 14.3 Å². The van der Waals surface area contributed by atoms with Crippen LogP contribution in [0.2, 0.25) is 0 Å². The molecule has 1 aromatic carbocycles. The van der Waals surface area contributed by atoms with E-state index in [1.807, 2.05) is 55.1 Å². The Morgan fingerprint density at radius 3 is 2.69 bits per heavy atom. The summed E-state index contributed by atoms with van der Waals surface area (Å²) in [4.78, 5) is 15.0. The van der Waals surface area contributed by atoms with Crippen LogP contribution in [0.3, 0.4) is 0 Å². The fraction of sp³-hybridized carbons (Fsp3) is 0.391. The average Bonchev–Trinajstić information content (AvgIpc) is 3.44. The number of amides is 1. The van der Waals surface area contributed by atoms with Gasteiger partial charge in [0.25, 0.3) is 0 Å². The fourth-order valence-corrected chi connectivity index (χ4v) is 4.96. The first-order chi connectivity index (χ1) is 15.6. The standard InChI is InChI=1S/C23H25N5O3S/c1-15-12-16(2)28(26-15)21-7-8-22(25-24-21)32-14-23(29)27-9-3-4-18(27)17-5-6-19-20(13-17)31-11-10-30-19/h5-8,12-13,18H,3-4,9-11,14H2,1-2H3/t18-/m0/s1. The quantitative estimate of drug-likeness (QED) is 0.549. The minimum absolute atomic E-state index is 0.0680. The molecule has 2 aromatic heterocycles. The summed E-state index contributed by atoms with van der Waals surface area (Å²) in [6.45, 7) is 5.82. The molecule has 4 heterocycles. The van der Waals surface area contributed by atoms with E-state index >= 15 is 0 Å². The second-order valence-corrected chi connectivity index (χ2v) is 9.00. The maximum absolute atomic E-state index is 13.0. The van der Waals surface area contributed by atoms with Gasteiger partial charge in [-0.05, 0) is 62.6 Å². The molecular weight excluding hydrogens is 426 g/mol. The predicted octanol–water partition coefficient (Wildman–Crippen LogP) is 3.51. The summed E-state index contributed by atoms with van der Waals surface area (Å²) in [6.07, 6.45) is 1.94. The number of ether oxygens (including phenoxy) is 2. The van der Waals surface area contributed by atoms with Gasteiger partial charge in [-0.2, -0.15) is 5.10 Å². The highest BCUT2D eigenvalue weighted by Crippen LogP contribution is 2.38. The Bertz CT molecular complexity index is 1130. The predicted molar refractivity (Wildman–Crippen MR) is 120 cm³/mol. The molecule has 0 radical (unpaired) electrons. The van der Waals surface area contributed by atoms with E-state index in [9.17, 15) is 4.79 Å². The first kappa shape index (κ1) is 20.8. The zero-order valence-electron chi connectivity index (χ0n) is 18.2. The zero-order valence-corrected chi connectivity index (χ0v) is 19.0. The summed E-state index contributed by atoms with van der Waals surface area (Å²) >= 11 is 1.41. The minimum Gasteiger partial charge on any atom is -0.486 e. The second kappa shape index (κ2) is 8.82. The van der Waals surface area contributed by atoms with Crippen molar-refractivity contribution in [3.8, 4) is 17.3 Å². The van der Waals surface area contributed by atoms with E-state index in [1.54, 1.807) is 4.68 Å². The molecule has 9 heteroatoms. The average molecular weight is 452 g/mol. The van der Waals surface area contributed by atoms with Crippen LogP contribution in [0, 0.1) is 13.8 Å². The summed E-state index contributed by atoms with van der Waals surface area (Å²) in [5, 5.41) is 13.7. The molecule has 1 amide bonds. The van der Waals surface area contributed by atoms with Crippen molar-refractivity contribution >= 4 is 17.7 Å². The van der Waals surface area contributed by atoms with Crippen molar-refractivity contribution in [3.63, 3.8) is 0 Å². The molecule has 32 heavy (non-hydrogen) atoms. The van der Waals surface area contributed by atoms with E-state index in [-0.39, 0.29) is 11.9 Å². The van der Waals surface area contributed by atoms with E-state index in [2.05, 4.69) is 15.3 Å². The number of fused-ring (bicyclic) bond motifs is 1. The smallest absolute Gasteiger partial charge is 0.233 e. The monoisotopic (exact) mass is 451 g/mol. The first-order valence-electron chi connectivity index (χ1n) is 10.8. The molecule has 0 unspecified atom stereocenters. The molecular formula is C23H25N5O3S. The van der Waals surface area contributed by atoms with Gasteiger partial charge in [-0.15, -0.1) is 10.2 Å². The van der Waals surface area contributed by atoms with Gasteiger partial charge >= 0.3 is 0 Å². The van der Waals surface area contributed by atoms with Gasteiger partial charge in [-0.25, -0.2) is 4.68 Å². The van der Waals surface area contributed by atoms with E-state index in [4.69, 9.17) is 9.47 Å². The number of likely N-dealkylation sites (tertiary alicyclic amines) is 1. The molecule has 5 rings (SSSR count). The number of carbonyl (C=O) groups excluding carboxylic acids is 1. The van der Waals surface area contributed by atoms with Gasteiger partial charge in [0.15, 0.2) is 17.3 Å². The van der Waals surface area contributed by atoms with Gasteiger partial charge in [0.1, 0.15) is 18.2 Å². The van der Waals surface area contributed by atoms with Crippen molar-refractivity contribution in [2.45, 2.75) is 37.8 Å². The summed E-state index contributed by atoms with van der Waals surface area (Å²) in [7, 11) is 0. The largest absolute Gasteiger partial charge is 0.486 e. The lowest BCUT2D eigenvalue weighted by atomic mass is 10.0. The Kier molecular flexibility index (Phi) is 5.73. The van der Waals surface area contributed by atoms with Gasteiger partial charge in [0.2, 0.25) is 5.91 Å². The van der Waals surface area contributed by atoms with Crippen LogP contribution in [0.15, 0.2) is 41.4 Å². The van der Waals surface area contributed by atoms with Crippen LogP contribution >= 0.6 is 11.8 Å². The Morgan fingerprint density at radius 1 is 1.09 bits per heavy atom. The van der Waals surface area contributed by atoms with Gasteiger partial charge < -0.3 is 14.4 Å². The molecule has 0 saturated carbocycles. The number of aryl methyl sites for hydroxylation is 2. The Morgan fingerprint density at radius 2 is 1.94 bits per heavy atom. The minimum atomic E-state index is 0.0680. The van der Waals surface area contributed by atoms with Crippen molar-refractivity contribution in [1.29, 1.82) is 0 Å². The van der Waals surface area contributed by atoms with Crippen LogP contribution in [-0.2, 0) is 4.79 Å². The molecule has 8 nitrogen and oxygen atoms in total. The van der Waals surface area contributed by atoms with E-state index in [1.165, 1.54) is 11.8 Å². The van der Waals surface area contributed by atoms with Crippen LogP contribution in [0.5, 0.6) is 11.5 Å². The number of rotatable bonds is 5. The number of nitrogens with zero attached hydrogens (tertiary/aromatic N) is 5. The third-order valence-corrected chi connectivity index (χ3v) is 6.63. The maximum atomic E-state index is 13.0. The summed E-state index contributed by atoms with van der Waals surface area (Å²) in [5.74, 6) is 2.64. The lowest BCUT2D eigenvalue weighted by Crippen LogP contribution is -2.32. The number of carbonyl (C=O) groups is 1. The third kappa shape index (κ3) is 4.17.